The number of para-hydroxylation sites is 1. The van der Waals surface area contributed by atoms with Crippen molar-refractivity contribution in [2.45, 2.75) is 39.7 Å². The van der Waals surface area contributed by atoms with Crippen LogP contribution >= 0.6 is 0 Å². The van der Waals surface area contributed by atoms with Gasteiger partial charge in [0.1, 0.15) is 11.6 Å². The average molecular weight is 434 g/mol. The van der Waals surface area contributed by atoms with Gasteiger partial charge in [-0.05, 0) is 30.5 Å². The van der Waals surface area contributed by atoms with E-state index in [1.54, 1.807) is 22.9 Å². The van der Waals surface area contributed by atoms with Crippen molar-refractivity contribution in [2.24, 2.45) is 0 Å². The monoisotopic (exact) mass is 434 g/mol. The molecule has 0 unspecified atom stereocenters. The van der Waals surface area contributed by atoms with Gasteiger partial charge in [0, 0.05) is 12.1 Å². The smallest absolute Gasteiger partial charge is 0.297 e. The van der Waals surface area contributed by atoms with E-state index >= 15 is 0 Å². The van der Waals surface area contributed by atoms with Gasteiger partial charge in [0.15, 0.2) is 5.82 Å². The lowest BCUT2D eigenvalue weighted by molar-refractivity contribution is -0.120. The number of amides is 1. The molecule has 0 bridgehead atoms. The van der Waals surface area contributed by atoms with Crippen molar-refractivity contribution in [1.29, 1.82) is 0 Å². The summed E-state index contributed by atoms with van der Waals surface area (Å²) in [7, 11) is 0. The maximum atomic E-state index is 13.7. The Hall–Kier alpha value is -3.88. The van der Waals surface area contributed by atoms with Crippen LogP contribution < -0.4 is 5.32 Å². The van der Waals surface area contributed by atoms with E-state index in [0.717, 1.165) is 11.3 Å². The zero-order valence-electron chi connectivity index (χ0n) is 18.0. The second kappa shape index (κ2) is 9.09. The lowest BCUT2D eigenvalue weighted by atomic mass is 10.0. The first-order chi connectivity index (χ1) is 15.4. The topological polar surface area (TPSA) is 98.7 Å². The number of aryl methyl sites for hydroxylation is 1. The Morgan fingerprint density at radius 3 is 2.66 bits per heavy atom. The van der Waals surface area contributed by atoms with Crippen molar-refractivity contribution in [3.8, 4) is 17.4 Å². The third-order valence-corrected chi connectivity index (χ3v) is 4.97. The van der Waals surface area contributed by atoms with Gasteiger partial charge < -0.3 is 9.84 Å². The van der Waals surface area contributed by atoms with Crippen molar-refractivity contribution in [3.05, 3.63) is 77.1 Å². The highest BCUT2D eigenvalue weighted by Crippen LogP contribution is 2.24. The van der Waals surface area contributed by atoms with E-state index in [9.17, 15) is 9.18 Å². The maximum Gasteiger partial charge on any atom is 0.297 e. The number of hydrogen-bond donors (Lipinski definition) is 1. The van der Waals surface area contributed by atoms with Crippen molar-refractivity contribution in [1.82, 2.24) is 30.2 Å². The highest BCUT2D eigenvalue weighted by atomic mass is 19.1. The van der Waals surface area contributed by atoms with E-state index in [1.807, 2.05) is 25.1 Å². The highest BCUT2D eigenvalue weighted by Gasteiger charge is 2.19. The number of carbonyl (C=O) groups is 1. The molecule has 2 aromatic heterocycles. The molecule has 2 aromatic carbocycles. The van der Waals surface area contributed by atoms with Gasteiger partial charge in [-0.25, -0.2) is 14.1 Å². The van der Waals surface area contributed by atoms with Gasteiger partial charge in [-0.3, -0.25) is 4.79 Å². The predicted octanol–water partition coefficient (Wildman–Crippen LogP) is 3.75. The summed E-state index contributed by atoms with van der Waals surface area (Å²) >= 11 is 0. The van der Waals surface area contributed by atoms with E-state index in [-0.39, 0.29) is 42.2 Å². The minimum atomic E-state index is -0.370. The summed E-state index contributed by atoms with van der Waals surface area (Å²) in [6.07, 6.45) is -0.103. The number of nitrogens with one attached hydrogen (secondary N) is 1. The lowest BCUT2D eigenvalue weighted by Crippen LogP contribution is -2.25. The number of hydrogen-bond acceptors (Lipinski definition) is 6. The van der Waals surface area contributed by atoms with Crippen LogP contribution in [0.4, 0.5) is 4.39 Å². The van der Waals surface area contributed by atoms with Gasteiger partial charge in [-0.1, -0.05) is 55.4 Å². The molecule has 1 N–H and O–H groups in total. The molecule has 0 aliphatic carbocycles. The zero-order chi connectivity index (χ0) is 22.7. The molecule has 0 saturated carbocycles. The van der Waals surface area contributed by atoms with Crippen molar-refractivity contribution in [3.63, 3.8) is 0 Å². The Kier molecular flexibility index (Phi) is 6.07. The quantitative estimate of drug-likeness (QED) is 0.476. The molecular formula is C23H23FN6O2. The molecule has 9 heteroatoms. The second-order valence-corrected chi connectivity index (χ2v) is 7.67. The van der Waals surface area contributed by atoms with E-state index < -0.39 is 0 Å². The van der Waals surface area contributed by atoms with Gasteiger partial charge in [0.2, 0.25) is 11.7 Å². The van der Waals surface area contributed by atoms with E-state index in [4.69, 9.17) is 4.52 Å². The molecule has 1 amide bonds. The fourth-order valence-corrected chi connectivity index (χ4v) is 3.34. The lowest BCUT2D eigenvalue weighted by Gasteiger charge is -2.12. The summed E-state index contributed by atoms with van der Waals surface area (Å²) in [6.45, 7) is 6.17. The predicted molar refractivity (Wildman–Crippen MR) is 115 cm³/mol. The summed E-state index contributed by atoms with van der Waals surface area (Å²) in [5.74, 6) is 0.887. The summed E-state index contributed by atoms with van der Waals surface area (Å²) in [4.78, 5) is 20.9. The molecule has 8 nitrogen and oxygen atoms in total. The molecule has 4 aromatic rings. The molecule has 0 atom stereocenters. The molecule has 0 saturated heterocycles. The first-order valence-corrected chi connectivity index (χ1v) is 10.3. The molecule has 32 heavy (non-hydrogen) atoms. The zero-order valence-corrected chi connectivity index (χ0v) is 18.0. The third kappa shape index (κ3) is 4.56. The Labute approximate surface area is 184 Å². The van der Waals surface area contributed by atoms with E-state index in [2.05, 4.69) is 45.5 Å². The molecule has 164 valence electrons. The van der Waals surface area contributed by atoms with Gasteiger partial charge in [-0.2, -0.15) is 4.98 Å². The molecule has 2 heterocycles. The third-order valence-electron chi connectivity index (χ3n) is 4.97. The van der Waals surface area contributed by atoms with Crippen LogP contribution in [0, 0.1) is 12.7 Å². The van der Waals surface area contributed by atoms with Crippen LogP contribution in [0.2, 0.25) is 0 Å². The van der Waals surface area contributed by atoms with Gasteiger partial charge in [-0.15, -0.1) is 5.10 Å². The molecule has 0 aliphatic heterocycles. The maximum absolute atomic E-state index is 13.7. The average Bonchev–Trinajstić information content (AvgIpc) is 3.39. The van der Waals surface area contributed by atoms with Crippen LogP contribution in [0.3, 0.4) is 0 Å². The summed E-state index contributed by atoms with van der Waals surface area (Å²) in [6, 6.07) is 14.3. The summed E-state index contributed by atoms with van der Waals surface area (Å²) in [5.41, 5.74) is 2.48. The number of nitrogens with zero attached hydrogens (tertiary/aromatic N) is 5. The van der Waals surface area contributed by atoms with E-state index in [0.29, 0.717) is 17.3 Å². The van der Waals surface area contributed by atoms with Crippen LogP contribution in [0.25, 0.3) is 17.4 Å². The van der Waals surface area contributed by atoms with Crippen LogP contribution in [-0.2, 0) is 17.8 Å². The SMILES string of the molecule is Cc1nc(-c2nc(CC(=O)NCc3ccccc3F)no2)nn1-c1ccccc1C(C)C. The highest BCUT2D eigenvalue weighted by molar-refractivity contribution is 5.77. The van der Waals surface area contributed by atoms with E-state index in [1.165, 1.54) is 6.07 Å². The Bertz CT molecular complexity index is 1250. The fraction of sp³-hybridized carbons (Fsp3) is 0.261. The number of halogens is 1. The van der Waals surface area contributed by atoms with Gasteiger partial charge in [0.05, 0.1) is 12.1 Å². The van der Waals surface area contributed by atoms with Crippen LogP contribution in [0.1, 0.15) is 42.5 Å². The summed E-state index contributed by atoms with van der Waals surface area (Å²) < 4.78 is 20.7. The van der Waals surface area contributed by atoms with Gasteiger partial charge in [0.25, 0.3) is 5.89 Å². The minimum absolute atomic E-state index is 0.0800. The normalized spacial score (nSPS) is 11.2. The van der Waals surface area contributed by atoms with Crippen molar-refractivity contribution in [2.75, 3.05) is 0 Å². The van der Waals surface area contributed by atoms with Crippen molar-refractivity contribution < 1.29 is 13.7 Å². The summed E-state index contributed by atoms with van der Waals surface area (Å²) in [5, 5.41) is 11.0. The Morgan fingerprint density at radius 2 is 1.88 bits per heavy atom. The first-order valence-electron chi connectivity index (χ1n) is 10.3. The van der Waals surface area contributed by atoms with Crippen molar-refractivity contribution >= 4 is 5.91 Å². The molecule has 0 radical (unpaired) electrons. The largest absolute Gasteiger partial charge is 0.352 e. The molecular weight excluding hydrogens is 411 g/mol. The Morgan fingerprint density at radius 1 is 1.12 bits per heavy atom. The van der Waals surface area contributed by atoms with Crippen LogP contribution in [-0.4, -0.2) is 30.8 Å². The van der Waals surface area contributed by atoms with Gasteiger partial charge >= 0.3 is 0 Å². The number of aromatic nitrogens is 5. The number of rotatable bonds is 7. The standard InChI is InChI=1S/C23H23FN6O2/c1-14(2)17-9-5-7-11-19(17)30-15(3)26-22(28-30)23-27-20(29-32-23)12-21(31)25-13-16-8-4-6-10-18(16)24/h4-11,14H,12-13H2,1-3H3,(H,25,31). The van der Waals surface area contributed by atoms with Crippen LogP contribution in [0.5, 0.6) is 0 Å². The Balaban J connectivity index is 1.47. The minimum Gasteiger partial charge on any atom is -0.352 e. The molecule has 4 rings (SSSR count). The second-order valence-electron chi connectivity index (χ2n) is 7.67. The molecule has 0 spiro atoms. The van der Waals surface area contributed by atoms with Crippen LogP contribution in [0.15, 0.2) is 53.1 Å². The number of carbonyl (C=O) groups excluding carboxylic acids is 1. The molecule has 0 aliphatic rings. The number of benzene rings is 2. The fourth-order valence-electron chi connectivity index (χ4n) is 3.34. The first kappa shape index (κ1) is 21.4. The molecule has 0 fully saturated rings.